The molecule has 1 N–H and O–H groups in total. The molecule has 0 aliphatic carbocycles. The molecule has 1 unspecified atom stereocenters. The predicted molar refractivity (Wildman–Crippen MR) is 113 cm³/mol. The molecule has 0 saturated heterocycles. The van der Waals surface area contributed by atoms with Gasteiger partial charge in [0.15, 0.2) is 5.16 Å². The Morgan fingerprint density at radius 3 is 2.50 bits per heavy atom. The van der Waals surface area contributed by atoms with Gasteiger partial charge in [-0.1, -0.05) is 39.8 Å². The Balaban J connectivity index is 2.08. The maximum Gasteiger partial charge on any atom is 0.307 e. The summed E-state index contributed by atoms with van der Waals surface area (Å²) in [7, 11) is 1.34. The van der Waals surface area contributed by atoms with E-state index in [1.54, 1.807) is 0 Å². The fraction of sp³-hybridized carbons (Fsp3) is 0.400. The quantitative estimate of drug-likeness (QED) is 0.361. The second-order valence-corrected chi connectivity index (χ2v) is 8.00. The number of ether oxygens (including phenoxy) is 1. The lowest BCUT2D eigenvalue weighted by Crippen LogP contribution is -2.30. The van der Waals surface area contributed by atoms with Gasteiger partial charge in [0.05, 0.1) is 19.6 Å². The molecular weight excluding hydrogens is 442 g/mol. The van der Waals surface area contributed by atoms with Crippen molar-refractivity contribution in [3.63, 3.8) is 0 Å². The van der Waals surface area contributed by atoms with Crippen LogP contribution in [-0.2, 0) is 20.7 Å². The first-order valence-corrected chi connectivity index (χ1v) is 10.9. The van der Waals surface area contributed by atoms with Crippen molar-refractivity contribution in [2.24, 2.45) is 0 Å². The number of esters is 1. The number of hydrogen-bond donors (Lipinski definition) is 1. The molecule has 8 heteroatoms. The molecule has 1 aromatic carbocycles. The second-order valence-electron chi connectivity index (χ2n) is 6.32. The molecule has 0 radical (unpaired) electrons. The molecule has 0 aliphatic heterocycles. The molecule has 1 aromatic heterocycles. The highest BCUT2D eigenvalue weighted by molar-refractivity contribution is 9.10. The fourth-order valence-corrected chi connectivity index (χ4v) is 3.77. The molecule has 1 amide bonds. The zero-order valence-corrected chi connectivity index (χ0v) is 18.8. The number of hydrogen-bond acceptors (Lipinski definition) is 6. The summed E-state index contributed by atoms with van der Waals surface area (Å²) < 4.78 is 5.66. The number of rotatable bonds is 8. The minimum Gasteiger partial charge on any atom is -0.469 e. The second kappa shape index (κ2) is 10.6. The molecule has 150 valence electrons. The topological polar surface area (TPSA) is 81.2 Å². The molecule has 1 atom stereocenters. The van der Waals surface area contributed by atoms with Gasteiger partial charge in [0, 0.05) is 22.3 Å². The number of aromatic nitrogens is 2. The van der Waals surface area contributed by atoms with E-state index in [1.807, 2.05) is 44.4 Å². The van der Waals surface area contributed by atoms with Crippen LogP contribution in [0.2, 0.25) is 0 Å². The predicted octanol–water partition coefficient (Wildman–Crippen LogP) is 3.93. The van der Waals surface area contributed by atoms with E-state index in [9.17, 15) is 9.59 Å². The largest absolute Gasteiger partial charge is 0.469 e. The van der Waals surface area contributed by atoms with Crippen LogP contribution in [0.3, 0.4) is 0 Å². The maximum absolute atomic E-state index is 12.6. The number of halogens is 1. The Morgan fingerprint density at radius 2 is 1.93 bits per heavy atom. The van der Waals surface area contributed by atoms with Crippen molar-refractivity contribution >= 4 is 39.6 Å². The number of amides is 1. The highest BCUT2D eigenvalue weighted by atomic mass is 79.9. The zero-order chi connectivity index (χ0) is 20.7. The molecular formula is C20H24BrN3O3S. The van der Waals surface area contributed by atoms with E-state index in [0.29, 0.717) is 6.42 Å². The lowest BCUT2D eigenvalue weighted by atomic mass is 10.0. The summed E-state index contributed by atoms with van der Waals surface area (Å²) in [4.78, 5) is 33.3. The number of carbonyl (C=O) groups excluding carboxylic acids is 2. The summed E-state index contributed by atoms with van der Waals surface area (Å²) in [5.41, 5.74) is 3.61. The molecule has 1 heterocycles. The monoisotopic (exact) mass is 465 g/mol. The van der Waals surface area contributed by atoms with Crippen molar-refractivity contribution in [2.45, 2.75) is 44.3 Å². The van der Waals surface area contributed by atoms with Crippen molar-refractivity contribution in [1.29, 1.82) is 0 Å². The van der Waals surface area contributed by atoms with Crippen molar-refractivity contribution in [2.75, 3.05) is 13.4 Å². The van der Waals surface area contributed by atoms with Gasteiger partial charge < -0.3 is 10.1 Å². The Kier molecular flexibility index (Phi) is 8.44. The van der Waals surface area contributed by atoms with E-state index in [0.717, 1.165) is 32.1 Å². The smallest absolute Gasteiger partial charge is 0.307 e. The van der Waals surface area contributed by atoms with Crippen molar-refractivity contribution in [3.8, 4) is 0 Å². The maximum atomic E-state index is 12.6. The van der Waals surface area contributed by atoms with Crippen molar-refractivity contribution in [1.82, 2.24) is 15.3 Å². The Morgan fingerprint density at radius 1 is 1.25 bits per heavy atom. The van der Waals surface area contributed by atoms with E-state index in [2.05, 4.69) is 31.2 Å². The lowest BCUT2D eigenvalue weighted by molar-refractivity contribution is -0.141. The first kappa shape index (κ1) is 22.4. The van der Waals surface area contributed by atoms with Crippen LogP contribution in [0.15, 0.2) is 33.9 Å². The fourth-order valence-electron chi connectivity index (χ4n) is 2.89. The standard InChI is InChI=1S/C20H24BrN3O3S/c1-12-16(13(2)23-20(22-12)28-4)8-9-18(25)24-17(11-19(26)27-3)14-6-5-7-15(21)10-14/h5-7,10,17H,8-9,11H2,1-4H3,(H,24,25). The number of aryl methyl sites for hydroxylation is 2. The highest BCUT2D eigenvalue weighted by Gasteiger charge is 2.20. The molecule has 6 nitrogen and oxygen atoms in total. The third kappa shape index (κ3) is 6.31. The van der Waals surface area contributed by atoms with E-state index >= 15 is 0 Å². The van der Waals surface area contributed by atoms with Crippen LogP contribution in [0.4, 0.5) is 0 Å². The SMILES string of the molecule is COC(=O)CC(NC(=O)CCc1c(C)nc(SC)nc1C)c1cccc(Br)c1. The first-order valence-electron chi connectivity index (χ1n) is 8.83. The normalized spacial score (nSPS) is 11.8. The van der Waals surface area contributed by atoms with Crippen LogP contribution >= 0.6 is 27.7 Å². The molecule has 0 saturated carbocycles. The van der Waals surface area contributed by atoms with Crippen LogP contribution in [0.25, 0.3) is 0 Å². The molecule has 28 heavy (non-hydrogen) atoms. The number of benzene rings is 1. The zero-order valence-electron chi connectivity index (χ0n) is 16.4. The van der Waals surface area contributed by atoms with Gasteiger partial charge in [-0.25, -0.2) is 9.97 Å². The Hall–Kier alpha value is -1.93. The van der Waals surface area contributed by atoms with E-state index in [4.69, 9.17) is 4.74 Å². The van der Waals surface area contributed by atoms with Gasteiger partial charge in [-0.15, -0.1) is 0 Å². The Labute approximate surface area is 178 Å². The summed E-state index contributed by atoms with van der Waals surface area (Å²) in [6, 6.07) is 7.08. The van der Waals surface area contributed by atoms with Gasteiger partial charge in [0.2, 0.25) is 5.91 Å². The van der Waals surface area contributed by atoms with Gasteiger partial charge in [0.25, 0.3) is 0 Å². The summed E-state index contributed by atoms with van der Waals surface area (Å²) in [6.45, 7) is 3.87. The van der Waals surface area contributed by atoms with Crippen LogP contribution in [-0.4, -0.2) is 35.2 Å². The molecule has 0 bridgehead atoms. The van der Waals surface area contributed by atoms with Crippen LogP contribution in [0, 0.1) is 13.8 Å². The van der Waals surface area contributed by atoms with Crippen molar-refractivity contribution < 1.29 is 14.3 Å². The molecule has 2 aromatic rings. The number of methoxy groups -OCH3 is 1. The molecule has 0 fully saturated rings. The summed E-state index contributed by atoms with van der Waals surface area (Å²) in [6.07, 6.45) is 2.84. The third-order valence-corrected chi connectivity index (χ3v) is 5.41. The van der Waals surface area contributed by atoms with Crippen LogP contribution < -0.4 is 5.32 Å². The van der Waals surface area contributed by atoms with Gasteiger partial charge >= 0.3 is 5.97 Å². The number of thioether (sulfide) groups is 1. The van der Waals surface area contributed by atoms with E-state index in [1.165, 1.54) is 18.9 Å². The number of nitrogens with one attached hydrogen (secondary N) is 1. The van der Waals surface area contributed by atoms with E-state index in [-0.39, 0.29) is 24.7 Å². The molecule has 0 aliphatic rings. The van der Waals surface area contributed by atoms with Crippen LogP contribution in [0.1, 0.15) is 41.4 Å². The van der Waals surface area contributed by atoms with Gasteiger partial charge in [-0.05, 0) is 49.8 Å². The minimum absolute atomic E-state index is 0.0717. The highest BCUT2D eigenvalue weighted by Crippen LogP contribution is 2.22. The van der Waals surface area contributed by atoms with Crippen LogP contribution in [0.5, 0.6) is 0 Å². The molecule has 0 spiro atoms. The summed E-state index contributed by atoms with van der Waals surface area (Å²) >= 11 is 4.92. The van der Waals surface area contributed by atoms with Crippen molar-refractivity contribution in [3.05, 3.63) is 51.3 Å². The number of carbonyl (C=O) groups is 2. The van der Waals surface area contributed by atoms with E-state index < -0.39 is 6.04 Å². The minimum atomic E-state index is -0.449. The summed E-state index contributed by atoms with van der Waals surface area (Å²) in [5.74, 6) is -0.514. The average molecular weight is 466 g/mol. The van der Waals surface area contributed by atoms with Gasteiger partial charge in [-0.3, -0.25) is 9.59 Å². The average Bonchev–Trinajstić information content (AvgIpc) is 2.66. The lowest BCUT2D eigenvalue weighted by Gasteiger charge is -2.19. The van der Waals surface area contributed by atoms with Gasteiger partial charge in [0.1, 0.15) is 0 Å². The molecule has 2 rings (SSSR count). The summed E-state index contributed by atoms with van der Waals surface area (Å²) in [5, 5.41) is 3.68. The number of nitrogens with zero attached hydrogens (tertiary/aromatic N) is 2. The van der Waals surface area contributed by atoms with Gasteiger partial charge in [-0.2, -0.15) is 0 Å². The first-order chi connectivity index (χ1) is 13.3. The third-order valence-electron chi connectivity index (χ3n) is 4.37. The Bertz CT molecular complexity index is 837.